The Morgan fingerprint density at radius 1 is 1.33 bits per heavy atom. The average Bonchev–Trinajstić information content (AvgIpc) is 2.79. The number of benzene rings is 1. The Hall–Kier alpha value is -1.13. The van der Waals surface area contributed by atoms with E-state index < -0.39 is 0 Å². The Kier molecular flexibility index (Phi) is 5.59. The molecule has 1 N–H and O–H groups in total. The fourth-order valence-corrected chi connectivity index (χ4v) is 3.21. The first-order chi connectivity index (χ1) is 10.1. The highest BCUT2D eigenvalue weighted by Gasteiger charge is 2.27. The molecule has 21 heavy (non-hydrogen) atoms. The number of nitrogens with zero attached hydrogens (tertiary/aromatic N) is 1. The molecule has 2 rings (SSSR count). The number of ether oxygens (including phenoxy) is 1. The van der Waals surface area contributed by atoms with Crippen molar-refractivity contribution in [1.82, 2.24) is 10.2 Å². The summed E-state index contributed by atoms with van der Waals surface area (Å²) in [6.07, 6.45) is 0.882. The van der Waals surface area contributed by atoms with Crippen LogP contribution in [0, 0.1) is 17.7 Å². The molecule has 1 aliphatic rings. The minimum atomic E-state index is -0.197. The molecule has 118 valence electrons. The minimum Gasteiger partial charge on any atom is -0.496 e. The van der Waals surface area contributed by atoms with Crippen molar-refractivity contribution in [3.05, 3.63) is 29.6 Å². The SMILES string of the molecule is CNC(CCN1CC(C)C(C)C1)c1c(F)cccc1OC. The molecule has 0 radical (unpaired) electrons. The Morgan fingerprint density at radius 2 is 2.00 bits per heavy atom. The van der Waals surface area contributed by atoms with Gasteiger partial charge in [0.1, 0.15) is 11.6 Å². The maximum absolute atomic E-state index is 14.2. The largest absolute Gasteiger partial charge is 0.496 e. The molecule has 1 saturated heterocycles. The smallest absolute Gasteiger partial charge is 0.131 e. The predicted octanol–water partition coefficient (Wildman–Crippen LogP) is 3.07. The van der Waals surface area contributed by atoms with Crippen LogP contribution in [-0.4, -0.2) is 38.7 Å². The van der Waals surface area contributed by atoms with Crippen molar-refractivity contribution in [3.8, 4) is 5.75 Å². The van der Waals surface area contributed by atoms with Crippen molar-refractivity contribution >= 4 is 0 Å². The summed E-state index contributed by atoms with van der Waals surface area (Å²) in [5, 5.41) is 3.23. The minimum absolute atomic E-state index is 0.0210. The third-order valence-electron chi connectivity index (χ3n) is 4.73. The first kappa shape index (κ1) is 16.2. The van der Waals surface area contributed by atoms with Gasteiger partial charge in [-0.25, -0.2) is 4.39 Å². The standard InChI is InChI=1S/C17H27FN2O/c1-12-10-20(11-13(12)2)9-8-15(19-3)17-14(18)6-5-7-16(17)21-4/h5-7,12-13,15,19H,8-11H2,1-4H3. The summed E-state index contributed by atoms with van der Waals surface area (Å²) in [6.45, 7) is 7.88. The molecule has 0 amide bonds. The fourth-order valence-electron chi connectivity index (χ4n) is 3.21. The highest BCUT2D eigenvalue weighted by molar-refractivity contribution is 5.37. The number of rotatable bonds is 6. The van der Waals surface area contributed by atoms with Gasteiger partial charge in [-0.15, -0.1) is 0 Å². The lowest BCUT2D eigenvalue weighted by molar-refractivity contribution is 0.297. The molecule has 0 bridgehead atoms. The first-order valence-electron chi connectivity index (χ1n) is 7.78. The second-order valence-electron chi connectivity index (χ2n) is 6.20. The number of halogens is 1. The number of hydrogen-bond acceptors (Lipinski definition) is 3. The predicted molar refractivity (Wildman–Crippen MR) is 84.1 cm³/mol. The lowest BCUT2D eigenvalue weighted by atomic mass is 10.0. The van der Waals surface area contributed by atoms with Crippen molar-refractivity contribution in [2.45, 2.75) is 26.3 Å². The van der Waals surface area contributed by atoms with Gasteiger partial charge in [0, 0.05) is 24.7 Å². The van der Waals surface area contributed by atoms with E-state index in [0.29, 0.717) is 11.3 Å². The van der Waals surface area contributed by atoms with Crippen molar-refractivity contribution in [3.63, 3.8) is 0 Å². The molecule has 1 aromatic rings. The second-order valence-corrected chi connectivity index (χ2v) is 6.20. The van der Waals surface area contributed by atoms with Gasteiger partial charge in [0.15, 0.2) is 0 Å². The zero-order valence-corrected chi connectivity index (χ0v) is 13.5. The van der Waals surface area contributed by atoms with E-state index in [9.17, 15) is 4.39 Å². The third kappa shape index (κ3) is 3.74. The molecule has 1 heterocycles. The maximum atomic E-state index is 14.2. The van der Waals surface area contributed by atoms with Crippen LogP contribution in [0.25, 0.3) is 0 Å². The molecular weight excluding hydrogens is 267 g/mol. The van der Waals surface area contributed by atoms with Gasteiger partial charge >= 0.3 is 0 Å². The molecule has 1 aromatic carbocycles. The molecule has 3 unspecified atom stereocenters. The number of methoxy groups -OCH3 is 1. The third-order valence-corrected chi connectivity index (χ3v) is 4.73. The van der Waals surface area contributed by atoms with Crippen LogP contribution in [0.1, 0.15) is 31.9 Å². The van der Waals surface area contributed by atoms with Gasteiger partial charge in [-0.3, -0.25) is 0 Å². The Bertz CT molecular complexity index is 456. The van der Waals surface area contributed by atoms with Crippen molar-refractivity contribution in [2.24, 2.45) is 11.8 Å². The molecule has 1 fully saturated rings. The van der Waals surface area contributed by atoms with E-state index in [1.54, 1.807) is 13.2 Å². The molecule has 0 saturated carbocycles. The van der Waals surface area contributed by atoms with E-state index in [-0.39, 0.29) is 11.9 Å². The van der Waals surface area contributed by atoms with Gasteiger partial charge in [-0.05, 0) is 44.0 Å². The number of hydrogen-bond donors (Lipinski definition) is 1. The van der Waals surface area contributed by atoms with Crippen molar-refractivity contribution in [1.29, 1.82) is 0 Å². The number of nitrogens with one attached hydrogen (secondary N) is 1. The molecule has 1 aliphatic heterocycles. The molecule has 4 heteroatoms. The molecule has 3 atom stereocenters. The quantitative estimate of drug-likeness (QED) is 0.872. The summed E-state index contributed by atoms with van der Waals surface area (Å²) in [5.74, 6) is 1.93. The molecule has 0 aliphatic carbocycles. The van der Waals surface area contributed by atoms with Crippen LogP contribution < -0.4 is 10.1 Å². The Morgan fingerprint density at radius 3 is 2.57 bits per heavy atom. The second kappa shape index (κ2) is 7.23. The zero-order chi connectivity index (χ0) is 15.4. The monoisotopic (exact) mass is 294 g/mol. The van der Waals surface area contributed by atoms with E-state index in [0.717, 1.165) is 37.9 Å². The average molecular weight is 294 g/mol. The molecule has 0 spiro atoms. The lowest BCUT2D eigenvalue weighted by Crippen LogP contribution is -2.27. The highest BCUT2D eigenvalue weighted by atomic mass is 19.1. The van der Waals surface area contributed by atoms with E-state index in [1.807, 2.05) is 13.1 Å². The van der Waals surface area contributed by atoms with Crippen molar-refractivity contribution in [2.75, 3.05) is 33.8 Å². The lowest BCUT2D eigenvalue weighted by Gasteiger charge is -2.23. The van der Waals surface area contributed by atoms with E-state index in [1.165, 1.54) is 6.07 Å². The van der Waals surface area contributed by atoms with E-state index >= 15 is 0 Å². The first-order valence-corrected chi connectivity index (χ1v) is 7.78. The summed E-state index contributed by atoms with van der Waals surface area (Å²) in [4.78, 5) is 2.48. The van der Waals surface area contributed by atoms with Crippen LogP contribution in [0.15, 0.2) is 18.2 Å². The summed E-state index contributed by atoms with van der Waals surface area (Å²) < 4.78 is 19.5. The van der Waals surface area contributed by atoms with Gasteiger partial charge < -0.3 is 15.0 Å². The summed E-state index contributed by atoms with van der Waals surface area (Å²) in [7, 11) is 3.47. The summed E-state index contributed by atoms with van der Waals surface area (Å²) in [6, 6.07) is 4.99. The van der Waals surface area contributed by atoms with Crippen LogP contribution in [-0.2, 0) is 0 Å². The highest BCUT2D eigenvalue weighted by Crippen LogP contribution is 2.30. The van der Waals surface area contributed by atoms with Crippen LogP contribution in [0.4, 0.5) is 4.39 Å². The van der Waals surface area contributed by atoms with Crippen LogP contribution in [0.2, 0.25) is 0 Å². The fraction of sp³-hybridized carbons (Fsp3) is 0.647. The van der Waals surface area contributed by atoms with Crippen LogP contribution >= 0.6 is 0 Å². The summed E-state index contributed by atoms with van der Waals surface area (Å²) >= 11 is 0. The zero-order valence-electron chi connectivity index (χ0n) is 13.5. The normalized spacial score (nSPS) is 24.2. The Labute approximate surface area is 127 Å². The maximum Gasteiger partial charge on any atom is 0.131 e. The van der Waals surface area contributed by atoms with Gasteiger partial charge in [0.25, 0.3) is 0 Å². The van der Waals surface area contributed by atoms with Crippen LogP contribution in [0.3, 0.4) is 0 Å². The van der Waals surface area contributed by atoms with E-state index in [2.05, 4.69) is 24.1 Å². The van der Waals surface area contributed by atoms with Crippen molar-refractivity contribution < 1.29 is 9.13 Å². The number of likely N-dealkylation sites (tertiary alicyclic amines) is 1. The molecular formula is C17H27FN2O. The topological polar surface area (TPSA) is 24.5 Å². The summed E-state index contributed by atoms with van der Waals surface area (Å²) in [5.41, 5.74) is 0.641. The molecule has 0 aromatic heterocycles. The van der Waals surface area contributed by atoms with Gasteiger partial charge in [-0.1, -0.05) is 19.9 Å². The van der Waals surface area contributed by atoms with E-state index in [4.69, 9.17) is 4.74 Å². The van der Waals surface area contributed by atoms with Gasteiger partial charge in [0.05, 0.1) is 7.11 Å². The van der Waals surface area contributed by atoms with Crippen LogP contribution in [0.5, 0.6) is 5.75 Å². The van der Waals surface area contributed by atoms with Gasteiger partial charge in [-0.2, -0.15) is 0 Å². The molecule has 3 nitrogen and oxygen atoms in total. The Balaban J connectivity index is 2.04. The van der Waals surface area contributed by atoms with Gasteiger partial charge in [0.2, 0.25) is 0 Å².